The standard InChI is InChI=1S/C10H14N2O3/c11-6-1-2-7-15-9-5-3-4-8(13)10(9)12-14/h3-5,13H,1-2,6-7,11H2. The van der Waals surface area contributed by atoms with Gasteiger partial charge in [-0.25, -0.2) is 0 Å². The zero-order valence-corrected chi connectivity index (χ0v) is 8.35. The summed E-state index contributed by atoms with van der Waals surface area (Å²) in [5.41, 5.74) is 5.27. The monoisotopic (exact) mass is 210 g/mol. The van der Waals surface area contributed by atoms with Crippen molar-refractivity contribution >= 4 is 5.69 Å². The summed E-state index contributed by atoms with van der Waals surface area (Å²) in [6.07, 6.45) is 1.67. The van der Waals surface area contributed by atoms with Crippen molar-refractivity contribution in [1.29, 1.82) is 0 Å². The maximum absolute atomic E-state index is 10.4. The Kier molecular flexibility index (Phi) is 4.56. The summed E-state index contributed by atoms with van der Waals surface area (Å²) < 4.78 is 5.30. The van der Waals surface area contributed by atoms with E-state index in [1.54, 1.807) is 12.1 Å². The van der Waals surface area contributed by atoms with E-state index >= 15 is 0 Å². The molecule has 0 aromatic heterocycles. The van der Waals surface area contributed by atoms with E-state index in [2.05, 4.69) is 5.18 Å². The highest BCUT2D eigenvalue weighted by atomic mass is 16.5. The van der Waals surface area contributed by atoms with Crippen LogP contribution in [0.1, 0.15) is 12.8 Å². The van der Waals surface area contributed by atoms with Gasteiger partial charge in [-0.15, -0.1) is 4.91 Å². The highest BCUT2D eigenvalue weighted by Gasteiger charge is 2.08. The fourth-order valence-corrected chi connectivity index (χ4v) is 1.15. The van der Waals surface area contributed by atoms with E-state index in [1.165, 1.54) is 6.07 Å². The van der Waals surface area contributed by atoms with Crippen molar-refractivity contribution in [3.63, 3.8) is 0 Å². The van der Waals surface area contributed by atoms with Gasteiger partial charge in [0.2, 0.25) is 0 Å². The third kappa shape index (κ3) is 3.21. The highest BCUT2D eigenvalue weighted by Crippen LogP contribution is 2.35. The molecule has 0 bridgehead atoms. The van der Waals surface area contributed by atoms with Crippen molar-refractivity contribution < 1.29 is 9.84 Å². The maximum atomic E-state index is 10.4. The zero-order valence-electron chi connectivity index (χ0n) is 8.35. The van der Waals surface area contributed by atoms with E-state index in [1.807, 2.05) is 0 Å². The zero-order chi connectivity index (χ0) is 11.1. The number of unbranched alkanes of at least 4 members (excludes halogenated alkanes) is 1. The number of hydrogen-bond acceptors (Lipinski definition) is 5. The summed E-state index contributed by atoms with van der Waals surface area (Å²) in [5, 5.41) is 12.0. The molecule has 0 aliphatic heterocycles. The molecule has 0 fully saturated rings. The fraction of sp³-hybridized carbons (Fsp3) is 0.400. The molecule has 0 unspecified atom stereocenters. The Morgan fingerprint density at radius 1 is 1.40 bits per heavy atom. The van der Waals surface area contributed by atoms with Gasteiger partial charge in [-0.05, 0) is 36.7 Å². The number of ether oxygens (including phenoxy) is 1. The molecule has 5 nitrogen and oxygen atoms in total. The van der Waals surface area contributed by atoms with Gasteiger partial charge in [-0.1, -0.05) is 6.07 Å². The molecule has 0 spiro atoms. The fourth-order valence-electron chi connectivity index (χ4n) is 1.15. The Balaban J connectivity index is 2.60. The van der Waals surface area contributed by atoms with Gasteiger partial charge in [0.05, 0.1) is 6.61 Å². The van der Waals surface area contributed by atoms with Crippen molar-refractivity contribution in [3.8, 4) is 11.5 Å². The number of rotatable bonds is 6. The third-order valence-electron chi connectivity index (χ3n) is 1.93. The van der Waals surface area contributed by atoms with Crippen LogP contribution in [0.15, 0.2) is 23.4 Å². The normalized spacial score (nSPS) is 9.93. The van der Waals surface area contributed by atoms with Crippen molar-refractivity contribution in [1.82, 2.24) is 0 Å². The first-order chi connectivity index (χ1) is 7.29. The molecule has 3 N–H and O–H groups in total. The lowest BCUT2D eigenvalue weighted by Crippen LogP contribution is -2.03. The van der Waals surface area contributed by atoms with Gasteiger partial charge in [-0.2, -0.15) is 0 Å². The number of hydrogen-bond donors (Lipinski definition) is 2. The number of benzene rings is 1. The number of phenolic OH excluding ortho intramolecular Hbond substituents is 1. The van der Waals surface area contributed by atoms with Gasteiger partial charge in [-0.3, -0.25) is 0 Å². The first-order valence-corrected chi connectivity index (χ1v) is 4.77. The molecular formula is C10H14N2O3. The van der Waals surface area contributed by atoms with E-state index in [4.69, 9.17) is 10.5 Å². The number of phenols is 1. The minimum Gasteiger partial charge on any atom is -0.505 e. The van der Waals surface area contributed by atoms with E-state index in [9.17, 15) is 10.0 Å². The van der Waals surface area contributed by atoms with Crippen LogP contribution >= 0.6 is 0 Å². The number of nitrogens with two attached hydrogens (primary N) is 1. The summed E-state index contributed by atoms with van der Waals surface area (Å²) in [4.78, 5) is 10.4. The minimum atomic E-state index is -0.165. The third-order valence-corrected chi connectivity index (χ3v) is 1.93. The highest BCUT2D eigenvalue weighted by molar-refractivity contribution is 5.60. The Morgan fingerprint density at radius 2 is 2.20 bits per heavy atom. The van der Waals surface area contributed by atoms with E-state index < -0.39 is 0 Å². The Morgan fingerprint density at radius 3 is 2.87 bits per heavy atom. The van der Waals surface area contributed by atoms with Gasteiger partial charge in [0.15, 0.2) is 11.4 Å². The number of nitroso groups, excluding NO2 is 1. The molecule has 1 aromatic carbocycles. The summed E-state index contributed by atoms with van der Waals surface area (Å²) in [7, 11) is 0. The van der Waals surface area contributed by atoms with Crippen molar-refractivity contribution in [2.45, 2.75) is 12.8 Å². The van der Waals surface area contributed by atoms with Crippen LogP contribution in [0.5, 0.6) is 11.5 Å². The second-order valence-corrected chi connectivity index (χ2v) is 3.06. The molecule has 0 atom stereocenters. The Hall–Kier alpha value is -1.62. The van der Waals surface area contributed by atoms with Crippen LogP contribution in [0, 0.1) is 4.91 Å². The largest absolute Gasteiger partial charge is 0.505 e. The van der Waals surface area contributed by atoms with Crippen LogP contribution < -0.4 is 10.5 Å². The van der Waals surface area contributed by atoms with Gasteiger partial charge in [0.25, 0.3) is 0 Å². The van der Waals surface area contributed by atoms with E-state index in [0.29, 0.717) is 18.9 Å². The van der Waals surface area contributed by atoms with Crippen LogP contribution in [0.4, 0.5) is 5.69 Å². The lowest BCUT2D eigenvalue weighted by molar-refractivity contribution is 0.307. The summed E-state index contributed by atoms with van der Waals surface area (Å²) >= 11 is 0. The van der Waals surface area contributed by atoms with Crippen LogP contribution in [0.25, 0.3) is 0 Å². The molecule has 0 aliphatic carbocycles. The predicted octanol–water partition coefficient (Wildman–Crippen LogP) is 1.91. The van der Waals surface area contributed by atoms with Crippen molar-refractivity contribution in [3.05, 3.63) is 23.1 Å². The molecule has 1 rings (SSSR count). The van der Waals surface area contributed by atoms with E-state index in [-0.39, 0.29) is 11.4 Å². The molecule has 15 heavy (non-hydrogen) atoms. The van der Waals surface area contributed by atoms with Gasteiger partial charge < -0.3 is 15.6 Å². The predicted molar refractivity (Wildman–Crippen MR) is 57.3 cm³/mol. The molecule has 0 amide bonds. The molecule has 5 heteroatoms. The summed E-state index contributed by atoms with van der Waals surface area (Å²) in [6, 6.07) is 4.59. The van der Waals surface area contributed by atoms with Gasteiger partial charge in [0, 0.05) is 0 Å². The van der Waals surface area contributed by atoms with Crippen LogP contribution in [0.3, 0.4) is 0 Å². The average Bonchev–Trinajstić information content (AvgIpc) is 2.24. The van der Waals surface area contributed by atoms with Crippen LogP contribution in [0.2, 0.25) is 0 Å². The number of nitrogens with zero attached hydrogens (tertiary/aromatic N) is 1. The topological polar surface area (TPSA) is 84.9 Å². The second kappa shape index (κ2) is 5.98. The van der Waals surface area contributed by atoms with Crippen LogP contribution in [-0.2, 0) is 0 Å². The van der Waals surface area contributed by atoms with Crippen LogP contribution in [-0.4, -0.2) is 18.3 Å². The van der Waals surface area contributed by atoms with Gasteiger partial charge in [0.1, 0.15) is 5.75 Å². The summed E-state index contributed by atoms with van der Waals surface area (Å²) in [5.74, 6) is 0.142. The molecule has 0 aliphatic rings. The first-order valence-electron chi connectivity index (χ1n) is 4.77. The Bertz CT molecular complexity index is 328. The Labute approximate surface area is 87.8 Å². The smallest absolute Gasteiger partial charge is 0.191 e. The SMILES string of the molecule is NCCCCOc1cccc(O)c1N=O. The molecular weight excluding hydrogens is 196 g/mol. The molecule has 0 radical (unpaired) electrons. The minimum absolute atomic E-state index is 0.0507. The molecule has 0 heterocycles. The first kappa shape index (κ1) is 11.5. The molecule has 82 valence electrons. The lowest BCUT2D eigenvalue weighted by Gasteiger charge is -2.07. The van der Waals surface area contributed by atoms with Crippen molar-refractivity contribution in [2.75, 3.05) is 13.2 Å². The average molecular weight is 210 g/mol. The molecule has 0 saturated heterocycles. The van der Waals surface area contributed by atoms with Crippen molar-refractivity contribution in [2.24, 2.45) is 10.9 Å². The summed E-state index contributed by atoms with van der Waals surface area (Å²) in [6.45, 7) is 1.07. The van der Waals surface area contributed by atoms with Gasteiger partial charge >= 0.3 is 0 Å². The molecule has 0 saturated carbocycles. The number of aromatic hydroxyl groups is 1. The lowest BCUT2D eigenvalue weighted by atomic mass is 10.2. The second-order valence-electron chi connectivity index (χ2n) is 3.06. The molecule has 1 aromatic rings. The van der Waals surface area contributed by atoms with E-state index in [0.717, 1.165) is 12.8 Å². The quantitative estimate of drug-likeness (QED) is 0.554. The maximum Gasteiger partial charge on any atom is 0.191 e.